The number of hydrogen-bond acceptors (Lipinski definition) is 3. The number of hydrogen-bond donors (Lipinski definition) is 1. The van der Waals surface area contributed by atoms with Crippen LogP contribution < -0.4 is 0 Å². The SMILES string of the molecule is CC(C)(C)C(Cc1ccc([N+](=O)[O-])cc1Br)C(=O)O. The quantitative estimate of drug-likeness (QED) is 0.675. The van der Waals surface area contributed by atoms with Gasteiger partial charge in [0.1, 0.15) is 0 Å². The molecular formula is C13H16BrNO4. The maximum absolute atomic E-state index is 11.3. The second-order valence-corrected chi connectivity index (χ2v) is 6.35. The first-order valence-corrected chi connectivity index (χ1v) is 6.58. The van der Waals surface area contributed by atoms with Crippen molar-refractivity contribution < 1.29 is 14.8 Å². The van der Waals surface area contributed by atoms with Crippen LogP contribution in [-0.4, -0.2) is 16.0 Å². The lowest BCUT2D eigenvalue weighted by atomic mass is 9.77. The maximum atomic E-state index is 11.3. The molecule has 0 saturated heterocycles. The van der Waals surface area contributed by atoms with Crippen molar-refractivity contribution in [1.82, 2.24) is 0 Å². The normalized spacial score (nSPS) is 13.1. The second kappa shape index (κ2) is 5.69. The van der Waals surface area contributed by atoms with Crippen LogP contribution in [0, 0.1) is 21.4 Å². The molecule has 0 aliphatic carbocycles. The molecule has 6 heteroatoms. The largest absolute Gasteiger partial charge is 0.481 e. The third-order valence-electron chi connectivity index (χ3n) is 3.01. The van der Waals surface area contributed by atoms with Gasteiger partial charge in [0.25, 0.3) is 5.69 Å². The minimum Gasteiger partial charge on any atom is -0.481 e. The summed E-state index contributed by atoms with van der Waals surface area (Å²) in [7, 11) is 0. The summed E-state index contributed by atoms with van der Waals surface area (Å²) in [5.41, 5.74) is 0.360. The van der Waals surface area contributed by atoms with Gasteiger partial charge in [-0.2, -0.15) is 0 Å². The summed E-state index contributed by atoms with van der Waals surface area (Å²) in [6.45, 7) is 5.60. The Labute approximate surface area is 119 Å². The highest BCUT2D eigenvalue weighted by molar-refractivity contribution is 9.10. The summed E-state index contributed by atoms with van der Waals surface area (Å²) >= 11 is 3.26. The van der Waals surface area contributed by atoms with Crippen LogP contribution in [0.1, 0.15) is 26.3 Å². The second-order valence-electron chi connectivity index (χ2n) is 5.49. The van der Waals surface area contributed by atoms with Crippen molar-refractivity contribution in [2.24, 2.45) is 11.3 Å². The summed E-state index contributed by atoms with van der Waals surface area (Å²) in [4.78, 5) is 21.5. The van der Waals surface area contributed by atoms with Crippen molar-refractivity contribution in [2.75, 3.05) is 0 Å². The molecule has 1 aromatic carbocycles. The predicted octanol–water partition coefficient (Wildman–Crippen LogP) is 3.65. The highest BCUT2D eigenvalue weighted by Crippen LogP contribution is 2.32. The van der Waals surface area contributed by atoms with Gasteiger partial charge in [-0.3, -0.25) is 14.9 Å². The smallest absolute Gasteiger partial charge is 0.307 e. The van der Waals surface area contributed by atoms with E-state index in [4.69, 9.17) is 0 Å². The lowest BCUT2D eigenvalue weighted by Gasteiger charge is -2.27. The molecule has 0 aromatic heterocycles. The molecule has 0 amide bonds. The fourth-order valence-electron chi connectivity index (χ4n) is 1.80. The zero-order valence-corrected chi connectivity index (χ0v) is 12.6. The summed E-state index contributed by atoms with van der Waals surface area (Å²) in [5, 5.41) is 19.9. The number of non-ortho nitro benzene ring substituents is 1. The molecule has 0 radical (unpaired) electrons. The van der Waals surface area contributed by atoms with Gasteiger partial charge in [-0.15, -0.1) is 0 Å². The number of benzene rings is 1. The molecule has 0 heterocycles. The van der Waals surface area contributed by atoms with E-state index in [0.29, 0.717) is 10.9 Å². The van der Waals surface area contributed by atoms with E-state index in [0.717, 1.165) is 5.56 Å². The summed E-state index contributed by atoms with van der Waals surface area (Å²) < 4.78 is 0.567. The minimum atomic E-state index is -0.863. The molecule has 0 fully saturated rings. The number of carboxylic acids is 1. The molecule has 1 rings (SSSR count). The number of carbonyl (C=O) groups is 1. The lowest BCUT2D eigenvalue weighted by Crippen LogP contribution is -2.30. The molecule has 0 bridgehead atoms. The van der Waals surface area contributed by atoms with Crippen LogP contribution in [0.2, 0.25) is 0 Å². The van der Waals surface area contributed by atoms with Gasteiger partial charge in [-0.1, -0.05) is 42.8 Å². The van der Waals surface area contributed by atoms with Crippen LogP contribution in [0.4, 0.5) is 5.69 Å². The molecule has 5 nitrogen and oxygen atoms in total. The van der Waals surface area contributed by atoms with Gasteiger partial charge >= 0.3 is 5.97 Å². The molecule has 0 aliphatic rings. The van der Waals surface area contributed by atoms with Crippen molar-refractivity contribution >= 4 is 27.6 Å². The lowest BCUT2D eigenvalue weighted by molar-refractivity contribution is -0.384. The molecule has 19 heavy (non-hydrogen) atoms. The topological polar surface area (TPSA) is 80.4 Å². The van der Waals surface area contributed by atoms with Crippen molar-refractivity contribution in [3.63, 3.8) is 0 Å². The van der Waals surface area contributed by atoms with E-state index >= 15 is 0 Å². The van der Waals surface area contributed by atoms with E-state index in [1.807, 2.05) is 20.8 Å². The van der Waals surface area contributed by atoms with Gasteiger partial charge in [0.2, 0.25) is 0 Å². The van der Waals surface area contributed by atoms with Crippen molar-refractivity contribution in [2.45, 2.75) is 27.2 Å². The molecular weight excluding hydrogens is 314 g/mol. The Morgan fingerprint density at radius 3 is 2.42 bits per heavy atom. The highest BCUT2D eigenvalue weighted by atomic mass is 79.9. The third kappa shape index (κ3) is 4.02. The van der Waals surface area contributed by atoms with Gasteiger partial charge in [-0.25, -0.2) is 0 Å². The predicted molar refractivity (Wildman–Crippen MR) is 75.1 cm³/mol. The summed E-state index contributed by atoms with van der Waals surface area (Å²) in [6, 6.07) is 4.39. The minimum absolute atomic E-state index is 0.0155. The Morgan fingerprint density at radius 1 is 1.47 bits per heavy atom. The molecule has 1 unspecified atom stereocenters. The van der Waals surface area contributed by atoms with Crippen LogP contribution in [-0.2, 0) is 11.2 Å². The van der Waals surface area contributed by atoms with Gasteiger partial charge in [-0.05, 0) is 17.4 Å². The van der Waals surface area contributed by atoms with Gasteiger partial charge in [0.15, 0.2) is 0 Å². The molecule has 104 valence electrons. The summed E-state index contributed by atoms with van der Waals surface area (Å²) in [6.07, 6.45) is 0.331. The number of nitro groups is 1. The van der Waals surface area contributed by atoms with Crippen molar-refractivity contribution in [1.29, 1.82) is 0 Å². The zero-order chi connectivity index (χ0) is 14.8. The average Bonchev–Trinajstić information content (AvgIpc) is 2.24. The Morgan fingerprint density at radius 2 is 2.05 bits per heavy atom. The van der Waals surface area contributed by atoms with E-state index in [9.17, 15) is 20.0 Å². The van der Waals surface area contributed by atoms with E-state index in [-0.39, 0.29) is 11.1 Å². The van der Waals surface area contributed by atoms with E-state index < -0.39 is 16.8 Å². The Kier molecular flexibility index (Phi) is 4.68. The first kappa shape index (κ1) is 15.6. The van der Waals surface area contributed by atoms with Gasteiger partial charge in [0, 0.05) is 16.6 Å². The molecule has 0 spiro atoms. The number of aliphatic carboxylic acids is 1. The highest BCUT2D eigenvalue weighted by Gasteiger charge is 2.31. The van der Waals surface area contributed by atoms with Crippen LogP contribution in [0.5, 0.6) is 0 Å². The monoisotopic (exact) mass is 329 g/mol. The van der Waals surface area contributed by atoms with Gasteiger partial charge < -0.3 is 5.11 Å². The number of nitrogens with zero attached hydrogens (tertiary/aromatic N) is 1. The zero-order valence-electron chi connectivity index (χ0n) is 11.0. The molecule has 0 saturated carbocycles. The number of nitro benzene ring substituents is 1. The fourth-order valence-corrected chi connectivity index (χ4v) is 2.33. The number of halogens is 1. The Hall–Kier alpha value is -1.43. The fraction of sp³-hybridized carbons (Fsp3) is 0.462. The summed E-state index contributed by atoms with van der Waals surface area (Å²) in [5.74, 6) is -1.41. The number of rotatable bonds is 4. The standard InChI is InChI=1S/C13H16BrNO4/c1-13(2,3)10(12(16)17)6-8-4-5-9(15(18)19)7-11(8)14/h4-5,7,10H,6H2,1-3H3,(H,16,17). The maximum Gasteiger partial charge on any atom is 0.307 e. The van der Waals surface area contributed by atoms with Crippen molar-refractivity contribution in [3.8, 4) is 0 Å². The third-order valence-corrected chi connectivity index (χ3v) is 3.75. The molecule has 0 aliphatic heterocycles. The Balaban J connectivity index is 3.05. The van der Waals surface area contributed by atoms with Crippen LogP contribution in [0.3, 0.4) is 0 Å². The first-order chi connectivity index (χ1) is 8.62. The Bertz CT molecular complexity index is 508. The first-order valence-electron chi connectivity index (χ1n) is 5.78. The van der Waals surface area contributed by atoms with Crippen molar-refractivity contribution in [3.05, 3.63) is 38.3 Å². The molecule has 1 aromatic rings. The average molecular weight is 330 g/mol. The van der Waals surface area contributed by atoms with Crippen LogP contribution >= 0.6 is 15.9 Å². The van der Waals surface area contributed by atoms with Crippen LogP contribution in [0.15, 0.2) is 22.7 Å². The van der Waals surface area contributed by atoms with Crippen LogP contribution in [0.25, 0.3) is 0 Å². The van der Waals surface area contributed by atoms with Gasteiger partial charge in [0.05, 0.1) is 10.8 Å². The molecule has 1 atom stereocenters. The van der Waals surface area contributed by atoms with E-state index in [1.165, 1.54) is 12.1 Å². The number of carboxylic acid groups (broad SMARTS) is 1. The molecule has 1 N–H and O–H groups in total. The van der Waals surface area contributed by atoms with E-state index in [1.54, 1.807) is 6.07 Å². The van der Waals surface area contributed by atoms with E-state index in [2.05, 4.69) is 15.9 Å².